The molecule has 0 bridgehead atoms. The number of halogens is 1. The van der Waals surface area contributed by atoms with Crippen molar-refractivity contribution in [2.75, 3.05) is 13.2 Å². The second-order valence-corrected chi connectivity index (χ2v) is 5.23. The van der Waals surface area contributed by atoms with Crippen molar-refractivity contribution in [1.29, 1.82) is 5.26 Å². The largest absolute Gasteiger partial charge is 0.493 e. The molecule has 0 aliphatic rings. The predicted octanol–water partition coefficient (Wildman–Crippen LogP) is 3.58. The highest BCUT2D eigenvalue weighted by Gasteiger charge is 2.21. The Morgan fingerprint density at radius 3 is 2.80 bits per heavy atom. The number of hydrogen-bond acceptors (Lipinski definition) is 3. The fourth-order valence-corrected chi connectivity index (χ4v) is 1.97. The normalized spacial score (nSPS) is 13.6. The highest BCUT2D eigenvalue weighted by atomic mass is 19.1. The SMILES string of the molecule is CCCNC(C)(C#N)CCCOc1ccc(F)cc1C. The third kappa shape index (κ3) is 5.18. The van der Waals surface area contributed by atoms with E-state index in [2.05, 4.69) is 18.3 Å². The first-order valence-corrected chi connectivity index (χ1v) is 7.06. The van der Waals surface area contributed by atoms with Gasteiger partial charge in [-0.05, 0) is 63.4 Å². The van der Waals surface area contributed by atoms with Gasteiger partial charge in [-0.25, -0.2) is 4.39 Å². The summed E-state index contributed by atoms with van der Waals surface area (Å²) < 4.78 is 18.6. The Balaban J connectivity index is 2.39. The summed E-state index contributed by atoms with van der Waals surface area (Å²) in [6.07, 6.45) is 2.50. The maximum atomic E-state index is 13.0. The standard InChI is InChI=1S/C16H23FN2O/c1-4-9-19-16(3,12-18)8-5-10-20-15-7-6-14(17)11-13(15)2/h6-7,11,19H,4-5,8-10H2,1-3H3. The molecule has 0 aromatic heterocycles. The molecule has 1 atom stereocenters. The van der Waals surface area contributed by atoms with Gasteiger partial charge in [0.15, 0.2) is 0 Å². The van der Waals surface area contributed by atoms with Gasteiger partial charge in [0.05, 0.1) is 12.7 Å². The van der Waals surface area contributed by atoms with Crippen molar-refractivity contribution in [3.05, 3.63) is 29.6 Å². The van der Waals surface area contributed by atoms with Crippen LogP contribution in [-0.2, 0) is 0 Å². The van der Waals surface area contributed by atoms with Crippen molar-refractivity contribution >= 4 is 0 Å². The molecule has 4 heteroatoms. The Kier molecular flexibility index (Phi) is 6.47. The highest BCUT2D eigenvalue weighted by Crippen LogP contribution is 2.19. The molecule has 0 amide bonds. The van der Waals surface area contributed by atoms with E-state index in [1.807, 2.05) is 13.8 Å². The minimum atomic E-state index is -0.503. The molecule has 110 valence electrons. The first-order chi connectivity index (χ1) is 9.50. The van der Waals surface area contributed by atoms with Crippen molar-refractivity contribution in [3.8, 4) is 11.8 Å². The number of hydrogen-bond donors (Lipinski definition) is 1. The molecule has 0 saturated heterocycles. The van der Waals surface area contributed by atoms with Crippen molar-refractivity contribution in [2.45, 2.75) is 45.6 Å². The van der Waals surface area contributed by atoms with E-state index >= 15 is 0 Å². The van der Waals surface area contributed by atoms with E-state index in [1.165, 1.54) is 12.1 Å². The molecule has 1 rings (SSSR count). The minimum absolute atomic E-state index is 0.254. The number of aryl methyl sites for hydroxylation is 1. The lowest BCUT2D eigenvalue weighted by molar-refractivity contribution is 0.283. The molecule has 0 heterocycles. The average molecular weight is 278 g/mol. The zero-order valence-corrected chi connectivity index (χ0v) is 12.5. The Hall–Kier alpha value is -1.60. The summed E-state index contributed by atoms with van der Waals surface area (Å²) in [5.41, 5.74) is 0.286. The number of ether oxygens (including phenoxy) is 1. The molecule has 0 radical (unpaired) electrons. The molecule has 0 aliphatic heterocycles. The first kappa shape index (κ1) is 16.5. The van der Waals surface area contributed by atoms with Crippen LogP contribution < -0.4 is 10.1 Å². The summed E-state index contributed by atoms with van der Waals surface area (Å²) in [6.45, 7) is 7.16. The summed E-state index contributed by atoms with van der Waals surface area (Å²) >= 11 is 0. The zero-order chi connectivity index (χ0) is 15.0. The van der Waals surface area contributed by atoms with Gasteiger partial charge in [-0.2, -0.15) is 5.26 Å². The van der Waals surface area contributed by atoms with Crippen LogP contribution in [0.4, 0.5) is 4.39 Å². The number of rotatable bonds is 8. The molecule has 1 unspecified atom stereocenters. The van der Waals surface area contributed by atoms with Crippen LogP contribution in [0.2, 0.25) is 0 Å². The summed E-state index contributed by atoms with van der Waals surface area (Å²) in [6, 6.07) is 6.81. The van der Waals surface area contributed by atoms with Gasteiger partial charge in [0.2, 0.25) is 0 Å². The summed E-state index contributed by atoms with van der Waals surface area (Å²) in [7, 11) is 0. The quantitative estimate of drug-likeness (QED) is 0.739. The van der Waals surface area contributed by atoms with Gasteiger partial charge in [0.25, 0.3) is 0 Å². The van der Waals surface area contributed by atoms with E-state index in [9.17, 15) is 9.65 Å². The monoisotopic (exact) mass is 278 g/mol. The van der Waals surface area contributed by atoms with Crippen molar-refractivity contribution < 1.29 is 9.13 Å². The maximum Gasteiger partial charge on any atom is 0.123 e. The third-order valence-electron chi connectivity index (χ3n) is 3.23. The van der Waals surface area contributed by atoms with Crippen LogP contribution in [0.15, 0.2) is 18.2 Å². The molecule has 1 aromatic carbocycles. The second-order valence-electron chi connectivity index (χ2n) is 5.23. The first-order valence-electron chi connectivity index (χ1n) is 7.06. The Morgan fingerprint density at radius 1 is 1.45 bits per heavy atom. The van der Waals surface area contributed by atoms with Gasteiger partial charge in [0.1, 0.15) is 17.1 Å². The van der Waals surface area contributed by atoms with Crippen LogP contribution >= 0.6 is 0 Å². The van der Waals surface area contributed by atoms with Gasteiger partial charge in [0, 0.05) is 0 Å². The molecular weight excluding hydrogens is 255 g/mol. The Morgan fingerprint density at radius 2 is 2.20 bits per heavy atom. The fraction of sp³-hybridized carbons (Fsp3) is 0.562. The highest BCUT2D eigenvalue weighted by molar-refractivity contribution is 5.32. The van der Waals surface area contributed by atoms with Crippen LogP contribution in [0.25, 0.3) is 0 Å². The molecule has 1 aromatic rings. The smallest absolute Gasteiger partial charge is 0.123 e. The lowest BCUT2D eigenvalue weighted by Gasteiger charge is -2.23. The number of benzene rings is 1. The van der Waals surface area contributed by atoms with Gasteiger partial charge in [-0.15, -0.1) is 0 Å². The minimum Gasteiger partial charge on any atom is -0.493 e. The van der Waals surface area contributed by atoms with Crippen LogP contribution in [-0.4, -0.2) is 18.7 Å². The van der Waals surface area contributed by atoms with Gasteiger partial charge in [-0.3, -0.25) is 5.32 Å². The van der Waals surface area contributed by atoms with E-state index in [0.717, 1.165) is 31.4 Å². The third-order valence-corrected chi connectivity index (χ3v) is 3.23. The molecule has 20 heavy (non-hydrogen) atoms. The van der Waals surface area contributed by atoms with Gasteiger partial charge >= 0.3 is 0 Å². The number of nitrogens with one attached hydrogen (secondary N) is 1. The number of nitrogens with zero attached hydrogens (tertiary/aromatic N) is 1. The summed E-state index contributed by atoms with van der Waals surface area (Å²) in [5, 5.41) is 12.5. The number of nitriles is 1. The zero-order valence-electron chi connectivity index (χ0n) is 12.5. The lowest BCUT2D eigenvalue weighted by Crippen LogP contribution is -2.41. The molecular formula is C16H23FN2O. The van der Waals surface area contributed by atoms with E-state index < -0.39 is 5.54 Å². The molecule has 0 fully saturated rings. The lowest BCUT2D eigenvalue weighted by atomic mass is 9.98. The topological polar surface area (TPSA) is 45.0 Å². The summed E-state index contributed by atoms with van der Waals surface area (Å²) in [4.78, 5) is 0. The van der Waals surface area contributed by atoms with E-state index in [4.69, 9.17) is 4.74 Å². The fourth-order valence-electron chi connectivity index (χ4n) is 1.97. The molecule has 3 nitrogen and oxygen atoms in total. The van der Waals surface area contributed by atoms with Crippen LogP contribution in [0.1, 0.15) is 38.7 Å². The Bertz CT molecular complexity index is 470. The van der Waals surface area contributed by atoms with E-state index in [0.29, 0.717) is 12.4 Å². The Labute approximate surface area is 120 Å². The van der Waals surface area contributed by atoms with Gasteiger partial charge < -0.3 is 4.74 Å². The molecule has 0 saturated carbocycles. The molecule has 1 N–H and O–H groups in total. The van der Waals surface area contributed by atoms with Crippen molar-refractivity contribution in [1.82, 2.24) is 5.32 Å². The molecule has 0 aliphatic carbocycles. The van der Waals surface area contributed by atoms with E-state index in [-0.39, 0.29) is 5.82 Å². The van der Waals surface area contributed by atoms with Crippen molar-refractivity contribution in [3.63, 3.8) is 0 Å². The molecule has 0 spiro atoms. The summed E-state index contributed by atoms with van der Waals surface area (Å²) in [5.74, 6) is 0.447. The van der Waals surface area contributed by atoms with Crippen LogP contribution in [0.5, 0.6) is 5.75 Å². The van der Waals surface area contributed by atoms with Crippen molar-refractivity contribution in [2.24, 2.45) is 0 Å². The second kappa shape index (κ2) is 7.86. The van der Waals surface area contributed by atoms with E-state index in [1.54, 1.807) is 6.07 Å². The maximum absolute atomic E-state index is 13.0. The van der Waals surface area contributed by atoms with Crippen LogP contribution in [0, 0.1) is 24.1 Å². The predicted molar refractivity (Wildman–Crippen MR) is 78.2 cm³/mol. The van der Waals surface area contributed by atoms with Crippen LogP contribution in [0.3, 0.4) is 0 Å². The average Bonchev–Trinajstić information content (AvgIpc) is 2.43. The van der Waals surface area contributed by atoms with Gasteiger partial charge in [-0.1, -0.05) is 6.92 Å².